The molecule has 0 radical (unpaired) electrons. The Morgan fingerprint density at radius 3 is 2.10 bits per heavy atom. The van der Waals surface area contributed by atoms with Gasteiger partial charge < -0.3 is 0 Å². The topological polar surface area (TPSA) is 0 Å². The van der Waals surface area contributed by atoms with Gasteiger partial charge in [0.05, 0.1) is 0 Å². The van der Waals surface area contributed by atoms with Gasteiger partial charge in [-0.05, 0) is 29.2 Å². The fraction of sp³-hybridized carbons (Fsp3) is 0.200. The number of hydrogen-bond donors (Lipinski definition) is 0. The molecule has 0 amide bonds. The molecule has 2 aromatic carbocycles. The maximum Gasteiger partial charge on any atom is 0.0158 e. The summed E-state index contributed by atoms with van der Waals surface area (Å²) in [4.78, 5) is 0. The predicted molar refractivity (Wildman–Crippen MR) is 89.1 cm³/mol. The molecule has 1 aliphatic rings. The molecule has 0 saturated heterocycles. The van der Waals surface area contributed by atoms with E-state index in [1.54, 1.807) is 12.2 Å². The zero-order chi connectivity index (χ0) is 14.8. The molecule has 0 saturated carbocycles. The third-order valence-electron chi connectivity index (χ3n) is 3.91. The van der Waals surface area contributed by atoms with Crippen molar-refractivity contribution in [3.8, 4) is 11.1 Å². The maximum absolute atomic E-state index is 3.36. The van der Waals surface area contributed by atoms with Gasteiger partial charge >= 0.3 is 0 Å². The van der Waals surface area contributed by atoms with Crippen molar-refractivity contribution >= 4 is 0 Å². The Morgan fingerprint density at radius 1 is 0.850 bits per heavy atom. The van der Waals surface area contributed by atoms with E-state index in [9.17, 15) is 0 Å². The molecule has 2 aromatic rings. The standard InChI is InChI=1S/C16H16.C4H6/c1-11-8-9-13-12-6-4-5-7-14(12)16(2,3)15(13)10-11;1-3-4-2/h4-10H,1-3H3;3-4H,1-2H2. The molecule has 20 heavy (non-hydrogen) atoms. The van der Waals surface area contributed by atoms with Crippen LogP contribution in [0.3, 0.4) is 0 Å². The van der Waals surface area contributed by atoms with E-state index in [2.05, 4.69) is 76.4 Å². The van der Waals surface area contributed by atoms with Crippen molar-refractivity contribution in [2.45, 2.75) is 26.2 Å². The fourth-order valence-corrected chi connectivity index (χ4v) is 2.82. The zero-order valence-electron chi connectivity index (χ0n) is 12.6. The van der Waals surface area contributed by atoms with Crippen LogP contribution in [0.2, 0.25) is 0 Å². The van der Waals surface area contributed by atoms with Crippen molar-refractivity contribution in [1.82, 2.24) is 0 Å². The molecule has 0 heteroatoms. The van der Waals surface area contributed by atoms with Gasteiger partial charge in [-0.25, -0.2) is 0 Å². The van der Waals surface area contributed by atoms with Crippen LogP contribution in [0.15, 0.2) is 67.8 Å². The quantitative estimate of drug-likeness (QED) is 0.582. The van der Waals surface area contributed by atoms with Crippen LogP contribution in [0.5, 0.6) is 0 Å². The van der Waals surface area contributed by atoms with Crippen molar-refractivity contribution in [2.24, 2.45) is 0 Å². The van der Waals surface area contributed by atoms with E-state index in [1.807, 2.05) is 0 Å². The first-order valence-corrected chi connectivity index (χ1v) is 6.97. The molecular formula is C20H22. The normalized spacial score (nSPS) is 13.6. The lowest BCUT2D eigenvalue weighted by Gasteiger charge is -2.21. The Bertz CT molecular complexity index is 639. The van der Waals surface area contributed by atoms with Gasteiger partial charge in [0.1, 0.15) is 0 Å². The van der Waals surface area contributed by atoms with Gasteiger partial charge in [-0.3, -0.25) is 0 Å². The molecule has 3 rings (SSSR count). The summed E-state index contributed by atoms with van der Waals surface area (Å²) in [5.41, 5.74) is 7.23. The minimum Gasteiger partial charge on any atom is -0.0991 e. The van der Waals surface area contributed by atoms with E-state index >= 15 is 0 Å². The highest BCUT2D eigenvalue weighted by Gasteiger charge is 2.34. The molecule has 102 valence electrons. The molecule has 0 N–H and O–H groups in total. The Labute approximate surface area is 122 Å². The van der Waals surface area contributed by atoms with Crippen molar-refractivity contribution in [1.29, 1.82) is 0 Å². The Hall–Kier alpha value is -2.08. The zero-order valence-corrected chi connectivity index (χ0v) is 12.6. The molecule has 0 spiro atoms. The van der Waals surface area contributed by atoms with Crippen LogP contribution in [0.25, 0.3) is 11.1 Å². The van der Waals surface area contributed by atoms with Crippen LogP contribution in [0, 0.1) is 6.92 Å². The molecule has 0 fully saturated rings. The number of hydrogen-bond acceptors (Lipinski definition) is 0. The lowest BCUT2D eigenvalue weighted by molar-refractivity contribution is 0.660. The molecule has 0 aromatic heterocycles. The minimum absolute atomic E-state index is 0.151. The van der Waals surface area contributed by atoms with Crippen LogP contribution in [0.4, 0.5) is 0 Å². The molecule has 0 atom stereocenters. The number of rotatable bonds is 1. The predicted octanol–water partition coefficient (Wildman–Crippen LogP) is 5.66. The molecule has 0 heterocycles. The Morgan fingerprint density at radius 2 is 1.45 bits per heavy atom. The summed E-state index contributed by atoms with van der Waals surface area (Å²) in [6, 6.07) is 15.6. The first-order chi connectivity index (χ1) is 9.52. The highest BCUT2D eigenvalue weighted by molar-refractivity contribution is 5.80. The molecule has 0 aliphatic heterocycles. The summed E-state index contributed by atoms with van der Waals surface area (Å²) < 4.78 is 0. The second-order valence-electron chi connectivity index (χ2n) is 5.69. The van der Waals surface area contributed by atoms with Gasteiger partial charge in [0.25, 0.3) is 0 Å². The number of benzene rings is 2. The van der Waals surface area contributed by atoms with Gasteiger partial charge in [0, 0.05) is 5.41 Å². The summed E-state index contributed by atoms with van der Waals surface area (Å²) in [7, 11) is 0. The third kappa shape index (κ3) is 2.34. The van der Waals surface area contributed by atoms with E-state index in [1.165, 1.54) is 27.8 Å². The third-order valence-corrected chi connectivity index (χ3v) is 3.91. The number of allylic oxidation sites excluding steroid dienone is 2. The van der Waals surface area contributed by atoms with Gasteiger partial charge in [-0.2, -0.15) is 0 Å². The first-order valence-electron chi connectivity index (χ1n) is 6.97. The van der Waals surface area contributed by atoms with E-state index in [4.69, 9.17) is 0 Å². The number of aryl methyl sites for hydroxylation is 1. The summed E-state index contributed by atoms with van der Waals surface area (Å²) in [5, 5.41) is 0. The summed E-state index contributed by atoms with van der Waals surface area (Å²) in [6.07, 6.45) is 3.28. The second kappa shape index (κ2) is 5.50. The fourth-order valence-electron chi connectivity index (χ4n) is 2.82. The molecule has 0 nitrogen and oxygen atoms in total. The SMILES string of the molecule is C=CC=C.Cc1ccc2c(c1)C(C)(C)c1ccccc1-2. The van der Waals surface area contributed by atoms with Crippen molar-refractivity contribution in [2.75, 3.05) is 0 Å². The lowest BCUT2D eigenvalue weighted by Crippen LogP contribution is -2.14. The smallest absolute Gasteiger partial charge is 0.0158 e. The van der Waals surface area contributed by atoms with Gasteiger partial charge in [0.15, 0.2) is 0 Å². The van der Waals surface area contributed by atoms with Gasteiger partial charge in [0.2, 0.25) is 0 Å². The molecule has 1 aliphatic carbocycles. The lowest BCUT2D eigenvalue weighted by atomic mass is 9.82. The molecular weight excluding hydrogens is 240 g/mol. The van der Waals surface area contributed by atoms with Crippen molar-refractivity contribution < 1.29 is 0 Å². The first kappa shape index (κ1) is 14.3. The van der Waals surface area contributed by atoms with Crippen LogP contribution >= 0.6 is 0 Å². The monoisotopic (exact) mass is 262 g/mol. The summed E-state index contributed by atoms with van der Waals surface area (Å²) in [5.74, 6) is 0. The van der Waals surface area contributed by atoms with Crippen LogP contribution in [-0.4, -0.2) is 0 Å². The Kier molecular flexibility index (Phi) is 3.94. The minimum atomic E-state index is 0.151. The van der Waals surface area contributed by atoms with Crippen LogP contribution < -0.4 is 0 Å². The van der Waals surface area contributed by atoms with E-state index < -0.39 is 0 Å². The van der Waals surface area contributed by atoms with E-state index in [0.717, 1.165) is 0 Å². The van der Waals surface area contributed by atoms with E-state index in [-0.39, 0.29) is 5.41 Å². The Balaban J connectivity index is 0.000000328. The van der Waals surface area contributed by atoms with Crippen LogP contribution in [0.1, 0.15) is 30.5 Å². The van der Waals surface area contributed by atoms with Crippen molar-refractivity contribution in [3.63, 3.8) is 0 Å². The van der Waals surface area contributed by atoms with Crippen molar-refractivity contribution in [3.05, 3.63) is 84.5 Å². The highest BCUT2D eigenvalue weighted by atomic mass is 14.4. The van der Waals surface area contributed by atoms with E-state index in [0.29, 0.717) is 0 Å². The summed E-state index contributed by atoms with van der Waals surface area (Å²) >= 11 is 0. The maximum atomic E-state index is 3.36. The number of fused-ring (bicyclic) bond motifs is 3. The van der Waals surface area contributed by atoms with Gasteiger partial charge in [-0.1, -0.05) is 87.2 Å². The average Bonchev–Trinajstić information content (AvgIpc) is 2.68. The summed E-state index contributed by atoms with van der Waals surface area (Å²) in [6.45, 7) is 13.5. The average molecular weight is 262 g/mol. The largest absolute Gasteiger partial charge is 0.0991 e. The molecule has 0 bridgehead atoms. The molecule has 0 unspecified atom stereocenters. The second-order valence-corrected chi connectivity index (χ2v) is 5.69. The van der Waals surface area contributed by atoms with Crippen LogP contribution in [-0.2, 0) is 5.41 Å². The highest BCUT2D eigenvalue weighted by Crippen LogP contribution is 2.48. The van der Waals surface area contributed by atoms with Gasteiger partial charge in [-0.15, -0.1) is 0 Å².